The van der Waals surface area contributed by atoms with Crippen LogP contribution in [-0.2, 0) is 0 Å². The molecule has 0 saturated carbocycles. The zero-order valence-electron chi connectivity index (χ0n) is 7.34. The van der Waals surface area contributed by atoms with Gasteiger partial charge in [-0.15, -0.1) is 0 Å². The fourth-order valence-electron chi connectivity index (χ4n) is 0.848. The van der Waals surface area contributed by atoms with Crippen LogP contribution in [-0.4, -0.2) is 34.3 Å². The fourth-order valence-corrected chi connectivity index (χ4v) is 0.848. The maximum Gasteiger partial charge on any atom is 0.349 e. The van der Waals surface area contributed by atoms with Crippen LogP contribution < -0.4 is 0 Å². The Bertz CT molecular complexity index is 296. The molecule has 0 aliphatic carbocycles. The molecule has 13 heavy (non-hydrogen) atoms. The Labute approximate surface area is 77.0 Å². The van der Waals surface area contributed by atoms with Gasteiger partial charge in [0.1, 0.15) is 0 Å². The number of amides is 1. The van der Waals surface area contributed by atoms with Crippen LogP contribution in [0.4, 0.5) is 0 Å². The number of hydrogen-bond acceptors (Lipinski definition) is 3. The predicted molar refractivity (Wildman–Crippen MR) is 46.1 cm³/mol. The molecule has 4 heteroatoms. The first-order valence-corrected chi connectivity index (χ1v) is 3.78. The van der Waals surface area contributed by atoms with E-state index in [0.29, 0.717) is 5.56 Å². The lowest BCUT2D eigenvalue weighted by Gasteiger charge is -2.21. The second kappa shape index (κ2) is 3.64. The molecule has 1 rings (SSSR count). The predicted octanol–water partition coefficient (Wildman–Crippen LogP) is 0.287. The van der Waals surface area contributed by atoms with E-state index in [4.69, 9.17) is 12.2 Å². The van der Waals surface area contributed by atoms with E-state index in [1.54, 1.807) is 18.3 Å². The van der Waals surface area contributed by atoms with Gasteiger partial charge in [0, 0.05) is 12.4 Å². The minimum Gasteiger partial charge on any atom is -0.347 e. The molecule has 1 aromatic rings. The highest BCUT2D eigenvalue weighted by molar-refractivity contribution is 5.88. The molecule has 2 radical (unpaired) electrons. The average molecular weight is 179 g/mol. The van der Waals surface area contributed by atoms with Crippen molar-refractivity contribution in [3.05, 3.63) is 37.1 Å². The number of quaternary nitrogens is 1. The van der Waals surface area contributed by atoms with Gasteiger partial charge < -0.3 is 5.11 Å². The summed E-state index contributed by atoms with van der Waals surface area (Å²) >= 11 is 0. The summed E-state index contributed by atoms with van der Waals surface area (Å²) in [4.78, 5) is 15.3. The van der Waals surface area contributed by atoms with Crippen LogP contribution in [0.3, 0.4) is 0 Å². The van der Waals surface area contributed by atoms with E-state index in [1.807, 2.05) is 0 Å². The number of nitrogens with zero attached hydrogens (tertiary/aromatic N) is 2. The Morgan fingerprint density at radius 1 is 1.77 bits per heavy atom. The van der Waals surface area contributed by atoms with Crippen molar-refractivity contribution in [1.82, 2.24) is 4.98 Å². The molecule has 0 bridgehead atoms. The summed E-state index contributed by atoms with van der Waals surface area (Å²) in [5.41, 5.74) is 0.390. The quantitative estimate of drug-likeness (QED) is 0.524. The lowest BCUT2D eigenvalue weighted by Crippen LogP contribution is -2.44. The molecular formula is C9H11N2O2+. The Kier molecular flexibility index (Phi) is 2.75. The van der Waals surface area contributed by atoms with Crippen molar-refractivity contribution in [2.24, 2.45) is 0 Å². The molecule has 0 saturated heterocycles. The first kappa shape index (κ1) is 9.83. The van der Waals surface area contributed by atoms with Crippen molar-refractivity contribution in [1.29, 1.82) is 0 Å². The van der Waals surface area contributed by atoms with Gasteiger partial charge in [-0.3, -0.25) is 4.98 Å². The second-order valence-electron chi connectivity index (χ2n) is 2.96. The van der Waals surface area contributed by atoms with Crippen LogP contribution in [0.2, 0.25) is 0 Å². The molecule has 68 valence electrons. The molecule has 1 aromatic heterocycles. The maximum absolute atomic E-state index is 11.5. The highest BCUT2D eigenvalue weighted by Crippen LogP contribution is 2.07. The summed E-state index contributed by atoms with van der Waals surface area (Å²) in [5, 5.41) is 8.83. The molecule has 0 spiro atoms. The lowest BCUT2D eigenvalue weighted by molar-refractivity contribution is -0.804. The molecule has 1 unspecified atom stereocenters. The van der Waals surface area contributed by atoms with E-state index < -0.39 is 11.2 Å². The summed E-state index contributed by atoms with van der Waals surface area (Å²) in [6.45, 7) is -0.437. The van der Waals surface area contributed by atoms with Gasteiger partial charge in [-0.2, -0.15) is 0 Å². The number of pyridine rings is 1. The minimum absolute atomic E-state index is 0.365. The minimum atomic E-state index is -0.578. The van der Waals surface area contributed by atoms with E-state index >= 15 is 0 Å². The van der Waals surface area contributed by atoms with Gasteiger partial charge in [0.15, 0.2) is 6.73 Å². The standard InChI is InChI=1S/C9H11N2O2/c1-11(2,7-12)9(13)8-4-3-5-10-6-8/h1,3-6,12H,7H2,2H3/q+1. The van der Waals surface area contributed by atoms with Crippen LogP contribution in [0.15, 0.2) is 24.5 Å². The molecule has 1 atom stereocenters. The van der Waals surface area contributed by atoms with Crippen molar-refractivity contribution in [2.75, 3.05) is 13.8 Å². The van der Waals surface area contributed by atoms with Gasteiger partial charge in [-0.1, -0.05) is 0 Å². The smallest absolute Gasteiger partial charge is 0.347 e. The number of hydrogen-bond donors (Lipinski definition) is 1. The normalized spacial score (nSPS) is 11.3. The molecule has 1 amide bonds. The molecule has 0 aliphatic heterocycles. The third-order valence-corrected chi connectivity index (χ3v) is 1.67. The van der Waals surface area contributed by atoms with Crippen LogP contribution >= 0.6 is 0 Å². The van der Waals surface area contributed by atoms with Crippen molar-refractivity contribution in [3.8, 4) is 0 Å². The molecule has 0 fully saturated rings. The molecule has 4 nitrogen and oxygen atoms in total. The molecular weight excluding hydrogens is 168 g/mol. The fraction of sp³-hybridized carbons (Fsp3) is 0.222. The number of aromatic nitrogens is 1. The Morgan fingerprint density at radius 2 is 2.46 bits per heavy atom. The first-order chi connectivity index (χ1) is 6.08. The van der Waals surface area contributed by atoms with E-state index in [9.17, 15) is 4.79 Å². The molecule has 1 heterocycles. The SMILES string of the molecule is [CH][N+](C)(CO)C(=O)c1cccnc1. The number of rotatable bonds is 2. The van der Waals surface area contributed by atoms with Crippen LogP contribution in [0, 0.1) is 7.05 Å². The number of aliphatic hydroxyl groups is 1. The Balaban J connectivity index is 2.93. The van der Waals surface area contributed by atoms with Crippen LogP contribution in [0.5, 0.6) is 0 Å². The number of carbonyl (C=O) groups excluding carboxylic acids is 1. The lowest BCUT2D eigenvalue weighted by atomic mass is 10.2. The first-order valence-electron chi connectivity index (χ1n) is 3.78. The monoisotopic (exact) mass is 179 g/mol. The van der Waals surface area contributed by atoms with Crippen molar-refractivity contribution < 1.29 is 14.4 Å². The summed E-state index contributed by atoms with van der Waals surface area (Å²) in [7, 11) is 6.93. The van der Waals surface area contributed by atoms with E-state index in [2.05, 4.69) is 4.98 Å². The van der Waals surface area contributed by atoms with Crippen LogP contribution in [0.1, 0.15) is 10.4 Å². The summed E-state index contributed by atoms with van der Waals surface area (Å²) in [5.74, 6) is -0.365. The van der Waals surface area contributed by atoms with E-state index in [1.165, 1.54) is 13.2 Å². The van der Waals surface area contributed by atoms with Gasteiger partial charge in [0.2, 0.25) is 7.05 Å². The third kappa shape index (κ3) is 2.11. The molecule has 0 aliphatic rings. The highest BCUT2D eigenvalue weighted by Gasteiger charge is 2.28. The topological polar surface area (TPSA) is 50.2 Å². The summed E-state index contributed by atoms with van der Waals surface area (Å²) < 4.78 is -0.578. The van der Waals surface area contributed by atoms with Gasteiger partial charge in [-0.25, -0.2) is 9.28 Å². The van der Waals surface area contributed by atoms with Crippen molar-refractivity contribution in [3.63, 3.8) is 0 Å². The van der Waals surface area contributed by atoms with Crippen molar-refractivity contribution >= 4 is 5.91 Å². The van der Waals surface area contributed by atoms with Crippen molar-refractivity contribution in [2.45, 2.75) is 0 Å². The zero-order chi connectivity index (χ0) is 9.90. The highest BCUT2D eigenvalue weighted by atomic mass is 16.3. The zero-order valence-corrected chi connectivity index (χ0v) is 7.34. The van der Waals surface area contributed by atoms with E-state index in [0.717, 1.165) is 0 Å². The summed E-state index contributed by atoms with van der Waals surface area (Å²) in [6, 6.07) is 3.25. The van der Waals surface area contributed by atoms with E-state index in [-0.39, 0.29) is 5.91 Å². The average Bonchev–Trinajstić information content (AvgIpc) is 2.18. The molecule has 0 aromatic carbocycles. The third-order valence-electron chi connectivity index (χ3n) is 1.67. The van der Waals surface area contributed by atoms with Gasteiger partial charge in [0.25, 0.3) is 0 Å². The Morgan fingerprint density at radius 3 is 2.92 bits per heavy atom. The Hall–Kier alpha value is -1.26. The number of carbonyl (C=O) groups is 1. The second-order valence-corrected chi connectivity index (χ2v) is 2.96. The largest absolute Gasteiger partial charge is 0.349 e. The molecule has 1 N–H and O–H groups in total. The van der Waals surface area contributed by atoms with Crippen LogP contribution in [0.25, 0.3) is 0 Å². The van der Waals surface area contributed by atoms with Gasteiger partial charge >= 0.3 is 5.91 Å². The maximum atomic E-state index is 11.5. The van der Waals surface area contributed by atoms with Gasteiger partial charge in [-0.05, 0) is 12.1 Å². The number of aliphatic hydroxyl groups excluding tert-OH is 1. The van der Waals surface area contributed by atoms with Gasteiger partial charge in [0.05, 0.1) is 12.6 Å². The summed E-state index contributed by atoms with van der Waals surface area (Å²) in [6.07, 6.45) is 2.98.